The first kappa shape index (κ1) is 23.7. The topological polar surface area (TPSA) is 113 Å². The average Bonchev–Trinajstić information content (AvgIpc) is 3.31. The number of sulfonamides is 2. The lowest BCUT2D eigenvalue weighted by Gasteiger charge is -2.16. The highest BCUT2D eigenvalue weighted by Crippen LogP contribution is 2.38. The Morgan fingerprint density at radius 1 is 1.03 bits per heavy atom. The van der Waals surface area contributed by atoms with Gasteiger partial charge in [-0.05, 0) is 80.0 Å². The van der Waals surface area contributed by atoms with Gasteiger partial charge < -0.3 is 5.32 Å². The number of rotatable bonds is 9. The molecular weight excluding hydrogens is 438 g/mol. The summed E-state index contributed by atoms with van der Waals surface area (Å²) in [6.45, 7) is 0.381. The van der Waals surface area contributed by atoms with E-state index < -0.39 is 26.1 Å². The molecule has 31 heavy (non-hydrogen) atoms. The minimum atomic E-state index is -3.90. The van der Waals surface area contributed by atoms with Gasteiger partial charge in [0.25, 0.3) is 10.0 Å². The molecule has 2 aliphatic carbocycles. The molecule has 0 fully saturated rings. The van der Waals surface area contributed by atoms with Crippen molar-refractivity contribution in [1.29, 1.82) is 0 Å². The van der Waals surface area contributed by atoms with Gasteiger partial charge in [-0.2, -0.15) is 0 Å². The van der Waals surface area contributed by atoms with E-state index in [9.17, 15) is 21.6 Å². The van der Waals surface area contributed by atoms with E-state index in [1.54, 1.807) is 0 Å². The number of benzene rings is 1. The van der Waals surface area contributed by atoms with E-state index in [4.69, 9.17) is 0 Å². The van der Waals surface area contributed by atoms with E-state index in [0.717, 1.165) is 67.0 Å². The highest BCUT2D eigenvalue weighted by molar-refractivity contribution is 7.92. The Morgan fingerprint density at radius 2 is 1.65 bits per heavy atom. The molecule has 2 amide bonds. The van der Waals surface area contributed by atoms with Crippen LogP contribution in [0.4, 0.5) is 10.5 Å². The second-order valence-electron chi connectivity index (χ2n) is 8.29. The van der Waals surface area contributed by atoms with Crippen LogP contribution in [0.25, 0.3) is 0 Å². The standard InChI is InChI=1S/C21H31N3O5S2/c1-24(30(2,26)27)13-5-3-4-6-14-31(28,29)23-21(25)22-20-18-11-7-9-16(18)15-17-10-8-12-19(17)20/h6,14-15H,3-5,7-13H2,1-2H3,(H2,22,23,25)/b14-6+. The molecule has 1 aromatic rings. The number of allylic oxidation sites excluding steroid dienone is 1. The monoisotopic (exact) mass is 469 g/mol. The molecule has 0 aromatic heterocycles. The van der Waals surface area contributed by atoms with Crippen molar-refractivity contribution in [3.8, 4) is 0 Å². The predicted octanol–water partition coefficient (Wildman–Crippen LogP) is 2.69. The molecule has 0 saturated heterocycles. The summed E-state index contributed by atoms with van der Waals surface area (Å²) in [5, 5.41) is 3.80. The Morgan fingerprint density at radius 3 is 2.23 bits per heavy atom. The second-order valence-corrected chi connectivity index (χ2v) is 11.9. The van der Waals surface area contributed by atoms with Gasteiger partial charge in [-0.25, -0.2) is 30.7 Å². The highest BCUT2D eigenvalue weighted by Gasteiger charge is 2.25. The molecule has 0 heterocycles. The second kappa shape index (κ2) is 9.70. The Balaban J connectivity index is 1.52. The third-order valence-corrected chi connectivity index (χ3v) is 8.22. The molecule has 2 N–H and O–H groups in total. The average molecular weight is 470 g/mol. The van der Waals surface area contributed by atoms with Gasteiger partial charge in [-0.1, -0.05) is 12.1 Å². The molecule has 3 rings (SSSR count). The first-order chi connectivity index (χ1) is 14.6. The van der Waals surface area contributed by atoms with Crippen molar-refractivity contribution in [2.45, 2.75) is 57.8 Å². The van der Waals surface area contributed by atoms with Crippen molar-refractivity contribution in [2.75, 3.05) is 25.2 Å². The summed E-state index contributed by atoms with van der Waals surface area (Å²) in [7, 11) is -5.60. The van der Waals surface area contributed by atoms with Crippen molar-refractivity contribution in [1.82, 2.24) is 9.03 Å². The molecule has 0 atom stereocenters. The van der Waals surface area contributed by atoms with Crippen LogP contribution in [-0.2, 0) is 45.7 Å². The van der Waals surface area contributed by atoms with Gasteiger partial charge in [0.05, 0.1) is 6.26 Å². The van der Waals surface area contributed by atoms with E-state index >= 15 is 0 Å². The van der Waals surface area contributed by atoms with Crippen molar-refractivity contribution < 1.29 is 21.6 Å². The zero-order chi connectivity index (χ0) is 22.6. The van der Waals surface area contributed by atoms with Crippen LogP contribution in [0.3, 0.4) is 0 Å². The minimum absolute atomic E-state index is 0.381. The number of aryl methyl sites for hydroxylation is 2. The van der Waals surface area contributed by atoms with Gasteiger partial charge in [0.1, 0.15) is 0 Å². The van der Waals surface area contributed by atoms with Gasteiger partial charge in [-0.3, -0.25) is 0 Å². The Hall–Kier alpha value is -1.91. The van der Waals surface area contributed by atoms with E-state index in [1.807, 2.05) is 0 Å². The smallest absolute Gasteiger partial charge is 0.307 e. The van der Waals surface area contributed by atoms with Crippen molar-refractivity contribution in [3.63, 3.8) is 0 Å². The molecule has 172 valence electrons. The number of unbranched alkanes of at least 4 members (excludes halogenated alkanes) is 2. The Labute approximate surface area is 185 Å². The molecule has 0 bridgehead atoms. The van der Waals surface area contributed by atoms with E-state index in [-0.39, 0.29) is 0 Å². The summed E-state index contributed by atoms with van der Waals surface area (Å²) in [6, 6.07) is 1.51. The van der Waals surface area contributed by atoms with Crippen molar-refractivity contribution >= 4 is 31.8 Å². The van der Waals surface area contributed by atoms with Crippen LogP contribution in [0.15, 0.2) is 17.6 Å². The SMILES string of the molecule is CN(CCCC/C=C/S(=O)(=O)NC(=O)Nc1c2c(cc3c1CCC3)CCC2)S(C)(=O)=O. The Bertz CT molecular complexity index is 1050. The Kier molecular flexibility index (Phi) is 7.43. The summed E-state index contributed by atoms with van der Waals surface area (Å²) < 4.78 is 50.4. The number of fused-ring (bicyclic) bond motifs is 2. The zero-order valence-corrected chi connectivity index (χ0v) is 19.7. The van der Waals surface area contributed by atoms with E-state index in [0.29, 0.717) is 25.8 Å². The van der Waals surface area contributed by atoms with E-state index in [1.165, 1.54) is 28.6 Å². The number of carbonyl (C=O) groups is 1. The minimum Gasteiger partial charge on any atom is -0.307 e. The van der Waals surface area contributed by atoms with Crippen LogP contribution in [0.2, 0.25) is 0 Å². The van der Waals surface area contributed by atoms with Crippen LogP contribution in [0.1, 0.15) is 54.4 Å². The molecule has 10 heteroatoms. The summed E-state index contributed by atoms with van der Waals surface area (Å²) in [4.78, 5) is 12.4. The van der Waals surface area contributed by atoms with E-state index in [2.05, 4.69) is 16.1 Å². The summed E-state index contributed by atoms with van der Waals surface area (Å²) in [6.07, 6.45) is 10.3. The van der Waals surface area contributed by atoms with Crippen LogP contribution in [0, 0.1) is 0 Å². The lowest BCUT2D eigenvalue weighted by molar-refractivity contribution is 0.256. The van der Waals surface area contributed by atoms with Crippen molar-refractivity contribution in [3.05, 3.63) is 39.8 Å². The number of urea groups is 1. The lowest BCUT2D eigenvalue weighted by atomic mass is 9.99. The number of hydrogen-bond donors (Lipinski definition) is 2. The van der Waals surface area contributed by atoms with Crippen LogP contribution in [-0.4, -0.2) is 47.0 Å². The molecule has 0 saturated carbocycles. The van der Waals surface area contributed by atoms with Gasteiger partial charge in [-0.15, -0.1) is 0 Å². The number of amides is 2. The first-order valence-electron chi connectivity index (χ1n) is 10.6. The zero-order valence-electron chi connectivity index (χ0n) is 18.1. The fraction of sp³-hybridized carbons (Fsp3) is 0.571. The molecule has 0 spiro atoms. The third-order valence-electron chi connectivity index (χ3n) is 5.88. The molecule has 1 aromatic carbocycles. The molecule has 0 unspecified atom stereocenters. The first-order valence-corrected chi connectivity index (χ1v) is 14.0. The quantitative estimate of drug-likeness (QED) is 0.540. The van der Waals surface area contributed by atoms with Crippen LogP contribution < -0.4 is 10.0 Å². The number of nitrogens with zero attached hydrogens (tertiary/aromatic N) is 1. The predicted molar refractivity (Wildman–Crippen MR) is 122 cm³/mol. The van der Waals surface area contributed by atoms with Gasteiger partial charge in [0.15, 0.2) is 0 Å². The summed E-state index contributed by atoms with van der Waals surface area (Å²) in [5.74, 6) is 0. The maximum atomic E-state index is 12.4. The third kappa shape index (κ3) is 6.30. The molecule has 0 aliphatic heterocycles. The van der Waals surface area contributed by atoms with Crippen LogP contribution in [0.5, 0.6) is 0 Å². The fourth-order valence-electron chi connectivity index (χ4n) is 4.23. The number of anilines is 1. The summed E-state index contributed by atoms with van der Waals surface area (Å²) in [5.41, 5.74) is 5.61. The maximum absolute atomic E-state index is 12.4. The number of carbonyl (C=O) groups excluding carboxylic acids is 1. The summed E-state index contributed by atoms with van der Waals surface area (Å²) >= 11 is 0. The van der Waals surface area contributed by atoms with Gasteiger partial charge in [0.2, 0.25) is 10.0 Å². The number of hydrogen-bond acceptors (Lipinski definition) is 5. The molecule has 8 nitrogen and oxygen atoms in total. The van der Waals surface area contributed by atoms with Gasteiger partial charge >= 0.3 is 6.03 Å². The van der Waals surface area contributed by atoms with Gasteiger partial charge in [0, 0.05) is 24.7 Å². The molecule has 0 radical (unpaired) electrons. The highest BCUT2D eigenvalue weighted by atomic mass is 32.2. The molecular formula is C21H31N3O5S2. The number of nitrogens with one attached hydrogen (secondary N) is 2. The normalized spacial score (nSPS) is 16.0. The lowest BCUT2D eigenvalue weighted by Crippen LogP contribution is -2.33. The molecule has 2 aliphatic rings. The largest absolute Gasteiger partial charge is 0.333 e. The fourth-order valence-corrected chi connectivity index (χ4v) is 5.45. The van der Waals surface area contributed by atoms with Crippen molar-refractivity contribution in [2.24, 2.45) is 0 Å². The maximum Gasteiger partial charge on any atom is 0.333 e. The van der Waals surface area contributed by atoms with Crippen LogP contribution >= 0.6 is 0 Å².